The highest BCUT2D eigenvalue weighted by Crippen LogP contribution is 2.38. The highest BCUT2D eigenvalue weighted by Gasteiger charge is 2.40. The Morgan fingerprint density at radius 2 is 2.03 bits per heavy atom. The van der Waals surface area contributed by atoms with Crippen molar-refractivity contribution in [3.63, 3.8) is 0 Å². The van der Waals surface area contributed by atoms with Gasteiger partial charge in [0.1, 0.15) is 17.6 Å². The van der Waals surface area contributed by atoms with E-state index in [1.54, 1.807) is 54.7 Å². The first-order valence-corrected chi connectivity index (χ1v) is 10.3. The van der Waals surface area contributed by atoms with Crippen molar-refractivity contribution in [2.24, 2.45) is 7.05 Å². The molecule has 0 N–H and O–H groups in total. The number of aromatic nitrogens is 5. The number of aryl methyl sites for hydroxylation is 3. The molecule has 0 radical (unpaired) electrons. The molecule has 0 bridgehead atoms. The van der Waals surface area contributed by atoms with Crippen LogP contribution in [0.5, 0.6) is 0 Å². The van der Waals surface area contributed by atoms with Gasteiger partial charge in [-0.15, -0.1) is 0 Å². The Hall–Kier alpha value is -3.56. The zero-order valence-electron chi connectivity index (χ0n) is 18.1. The summed E-state index contributed by atoms with van der Waals surface area (Å²) in [5, 5.41) is 9.32. The lowest BCUT2D eigenvalue weighted by molar-refractivity contribution is 0.0609. The van der Waals surface area contributed by atoms with Gasteiger partial charge in [-0.3, -0.25) is 14.4 Å². The van der Waals surface area contributed by atoms with Crippen LogP contribution >= 0.6 is 0 Å². The lowest BCUT2D eigenvalue weighted by atomic mass is 10.0. The summed E-state index contributed by atoms with van der Waals surface area (Å²) < 4.78 is 35.8. The van der Waals surface area contributed by atoms with E-state index in [0.717, 1.165) is 0 Å². The Labute approximate surface area is 182 Å². The number of alkyl halides is 2. The maximum atomic E-state index is 14.0. The largest absolute Gasteiger partial charge is 0.463 e. The molecule has 1 amide bonds. The van der Waals surface area contributed by atoms with Crippen LogP contribution < -0.4 is 4.90 Å². The van der Waals surface area contributed by atoms with Crippen molar-refractivity contribution < 1.29 is 18.0 Å². The number of halogens is 2. The molecule has 5 heterocycles. The number of carbonyl (C=O) groups is 1. The van der Waals surface area contributed by atoms with E-state index < -0.39 is 18.5 Å². The van der Waals surface area contributed by atoms with E-state index in [0.29, 0.717) is 45.3 Å². The molecule has 0 saturated carbocycles. The summed E-state index contributed by atoms with van der Waals surface area (Å²) in [6.07, 6.45) is -0.940. The lowest BCUT2D eigenvalue weighted by Gasteiger charge is -2.38. The van der Waals surface area contributed by atoms with Crippen molar-refractivity contribution in [3.05, 3.63) is 47.5 Å². The Kier molecular flexibility index (Phi) is 4.61. The Morgan fingerprint density at radius 1 is 1.25 bits per heavy atom. The van der Waals surface area contributed by atoms with Crippen molar-refractivity contribution >= 4 is 22.8 Å². The van der Waals surface area contributed by atoms with Crippen LogP contribution in [0, 0.1) is 13.8 Å². The molecule has 0 aliphatic carbocycles. The number of nitrogens with zero attached hydrogens (tertiary/aromatic N) is 6. The Bertz CT molecular complexity index is 1320. The average molecular weight is 440 g/mol. The van der Waals surface area contributed by atoms with E-state index in [-0.39, 0.29) is 12.3 Å². The number of furan rings is 1. The van der Waals surface area contributed by atoms with E-state index in [1.165, 1.54) is 10.9 Å². The molecule has 4 aromatic heterocycles. The van der Waals surface area contributed by atoms with Crippen LogP contribution in [0.2, 0.25) is 0 Å². The summed E-state index contributed by atoms with van der Waals surface area (Å²) in [6, 6.07) is 5.34. The normalized spacial score (nSPS) is 18.5. The van der Waals surface area contributed by atoms with Gasteiger partial charge < -0.3 is 4.42 Å². The smallest absolute Gasteiger partial charge is 0.260 e. The second-order valence-electron chi connectivity index (χ2n) is 8.19. The van der Waals surface area contributed by atoms with Gasteiger partial charge in [0, 0.05) is 19.2 Å². The second kappa shape index (κ2) is 7.25. The topological polar surface area (TPSA) is 82.0 Å². The number of hydrogen-bond acceptors (Lipinski definition) is 5. The first-order chi connectivity index (χ1) is 15.3. The minimum absolute atomic E-state index is 0.100. The molecule has 0 saturated heterocycles. The molecule has 0 aromatic carbocycles. The summed E-state index contributed by atoms with van der Waals surface area (Å²) in [7, 11) is 1.76. The lowest BCUT2D eigenvalue weighted by Crippen LogP contribution is -2.46. The molecule has 1 aliphatic heterocycles. The molecule has 0 fully saturated rings. The van der Waals surface area contributed by atoms with Crippen molar-refractivity contribution in [1.29, 1.82) is 0 Å². The molecule has 8 nitrogen and oxygen atoms in total. The number of carbonyl (C=O) groups excluding carboxylic acids is 1. The third kappa shape index (κ3) is 3.01. The predicted molar refractivity (Wildman–Crippen MR) is 114 cm³/mol. The fourth-order valence-corrected chi connectivity index (χ4v) is 4.52. The molecule has 0 unspecified atom stereocenters. The van der Waals surface area contributed by atoms with E-state index in [1.807, 2.05) is 6.92 Å². The first kappa shape index (κ1) is 20.3. The molecular weight excluding hydrogens is 418 g/mol. The van der Waals surface area contributed by atoms with Crippen LogP contribution in [-0.2, 0) is 7.05 Å². The summed E-state index contributed by atoms with van der Waals surface area (Å²) in [5.74, 6) is 0.565. The number of anilines is 1. The van der Waals surface area contributed by atoms with E-state index in [2.05, 4.69) is 15.2 Å². The third-order valence-electron chi connectivity index (χ3n) is 5.90. The number of amides is 1. The van der Waals surface area contributed by atoms with Gasteiger partial charge in [0.15, 0.2) is 11.4 Å². The zero-order valence-corrected chi connectivity index (χ0v) is 18.1. The van der Waals surface area contributed by atoms with E-state index in [4.69, 9.17) is 4.42 Å². The quantitative estimate of drug-likeness (QED) is 0.475. The fourth-order valence-electron chi connectivity index (χ4n) is 4.52. The molecule has 5 rings (SSSR count). The summed E-state index contributed by atoms with van der Waals surface area (Å²) >= 11 is 0. The molecule has 10 heteroatoms. The number of hydrogen-bond donors (Lipinski definition) is 0. The van der Waals surface area contributed by atoms with Gasteiger partial charge in [0.05, 0.1) is 28.6 Å². The van der Waals surface area contributed by atoms with Crippen molar-refractivity contribution in [2.45, 2.75) is 45.7 Å². The monoisotopic (exact) mass is 440 g/mol. The van der Waals surface area contributed by atoms with Crippen LogP contribution in [0.25, 0.3) is 22.5 Å². The van der Waals surface area contributed by atoms with Crippen LogP contribution in [0.15, 0.2) is 34.9 Å². The van der Waals surface area contributed by atoms with Gasteiger partial charge in [-0.05, 0) is 45.4 Å². The highest BCUT2D eigenvalue weighted by molar-refractivity contribution is 6.14. The van der Waals surface area contributed by atoms with Crippen molar-refractivity contribution in [3.8, 4) is 11.5 Å². The minimum Gasteiger partial charge on any atom is -0.463 e. The maximum Gasteiger partial charge on any atom is 0.260 e. The summed E-state index contributed by atoms with van der Waals surface area (Å²) in [4.78, 5) is 20.2. The third-order valence-corrected chi connectivity index (χ3v) is 5.90. The summed E-state index contributed by atoms with van der Waals surface area (Å²) in [5.41, 5.74) is 2.66. The molecule has 1 aliphatic rings. The van der Waals surface area contributed by atoms with Crippen molar-refractivity contribution in [2.75, 3.05) is 4.90 Å². The van der Waals surface area contributed by atoms with E-state index in [9.17, 15) is 13.6 Å². The van der Waals surface area contributed by atoms with Gasteiger partial charge in [0.2, 0.25) is 0 Å². The second-order valence-corrected chi connectivity index (χ2v) is 8.19. The predicted octanol–water partition coefficient (Wildman–Crippen LogP) is 4.29. The van der Waals surface area contributed by atoms with Crippen molar-refractivity contribution in [1.82, 2.24) is 24.5 Å². The van der Waals surface area contributed by atoms with E-state index >= 15 is 0 Å². The Morgan fingerprint density at radius 3 is 2.72 bits per heavy atom. The number of fused-ring (bicyclic) bond motifs is 2. The molecule has 0 spiro atoms. The molecule has 32 heavy (non-hydrogen) atoms. The van der Waals surface area contributed by atoms with Gasteiger partial charge in [0.25, 0.3) is 12.3 Å². The number of rotatable bonds is 3. The average Bonchev–Trinajstić information content (AvgIpc) is 3.46. The highest BCUT2D eigenvalue weighted by atomic mass is 19.3. The van der Waals surface area contributed by atoms with Crippen LogP contribution in [-0.4, -0.2) is 42.9 Å². The fraction of sp³-hybridized carbons (Fsp3) is 0.364. The van der Waals surface area contributed by atoms with Crippen LogP contribution in [0.3, 0.4) is 0 Å². The Balaban J connectivity index is 1.70. The SMILES string of the molecule is Cc1cc2n(n1)[C@H](C(F)F)C[C@H](C)N2C(=O)c1cc(-c2ccco2)nc2c1c(C)nn2C. The molecular formula is C22H22F2N6O2. The minimum atomic E-state index is -2.58. The standard InChI is InChI=1S/C22H22F2N6O2/c1-11-8-18-29(12(2)9-16(20(23)24)30(18)26-11)22(31)14-10-15(17-6-5-7-32-17)25-21-19(14)13(3)27-28(21)4/h5-8,10,12,16,20H,9H2,1-4H3/t12-,16-/m0/s1. The number of pyridine rings is 1. The molecule has 4 aromatic rings. The van der Waals surface area contributed by atoms with Crippen LogP contribution in [0.1, 0.15) is 41.1 Å². The van der Waals surface area contributed by atoms with Gasteiger partial charge in [-0.2, -0.15) is 10.2 Å². The summed E-state index contributed by atoms with van der Waals surface area (Å²) in [6.45, 7) is 5.32. The zero-order chi connectivity index (χ0) is 22.7. The van der Waals surface area contributed by atoms with Gasteiger partial charge >= 0.3 is 0 Å². The first-order valence-electron chi connectivity index (χ1n) is 10.3. The van der Waals surface area contributed by atoms with Crippen LogP contribution in [0.4, 0.5) is 14.6 Å². The molecule has 2 atom stereocenters. The van der Waals surface area contributed by atoms with Gasteiger partial charge in [-0.1, -0.05) is 0 Å². The van der Waals surface area contributed by atoms with Gasteiger partial charge in [-0.25, -0.2) is 18.4 Å². The maximum absolute atomic E-state index is 14.0. The molecule has 166 valence electrons.